The van der Waals surface area contributed by atoms with Crippen LogP contribution in [0.4, 0.5) is 0 Å². The summed E-state index contributed by atoms with van der Waals surface area (Å²) in [6, 6.07) is 11.0. The van der Waals surface area contributed by atoms with Gasteiger partial charge in [-0.2, -0.15) is 0 Å². The average Bonchev–Trinajstić information content (AvgIpc) is 3.07. The van der Waals surface area contributed by atoms with E-state index in [4.69, 9.17) is 19.3 Å². The molecule has 1 atom stereocenters. The van der Waals surface area contributed by atoms with E-state index in [9.17, 15) is 14.7 Å². The van der Waals surface area contributed by atoms with Crippen LogP contribution in [0.15, 0.2) is 48.0 Å². The summed E-state index contributed by atoms with van der Waals surface area (Å²) in [5.41, 5.74) is 0.824. The summed E-state index contributed by atoms with van der Waals surface area (Å²) < 4.78 is 16.1. The maximum Gasteiger partial charge on any atom is 0.295 e. The number of amides is 1. The van der Waals surface area contributed by atoms with Crippen molar-refractivity contribution < 1.29 is 34.0 Å². The van der Waals surface area contributed by atoms with Crippen LogP contribution in [0, 0.1) is 0 Å². The Morgan fingerprint density at radius 2 is 1.84 bits per heavy atom. The van der Waals surface area contributed by atoms with Crippen molar-refractivity contribution in [1.29, 1.82) is 0 Å². The second kappa shape index (κ2) is 10.2. The van der Waals surface area contributed by atoms with Crippen LogP contribution >= 0.6 is 0 Å². The van der Waals surface area contributed by atoms with Gasteiger partial charge in [0.15, 0.2) is 0 Å². The van der Waals surface area contributed by atoms with E-state index in [2.05, 4.69) is 0 Å². The highest BCUT2D eigenvalue weighted by atomic mass is 16.5. The summed E-state index contributed by atoms with van der Waals surface area (Å²) in [5.74, 6) is -0.508. The number of likely N-dealkylation sites (tertiary alicyclic amines) is 1. The Labute approximate surface area is 186 Å². The number of aliphatic hydroxyl groups excluding tert-OH is 2. The van der Waals surface area contributed by atoms with Crippen LogP contribution in [0.5, 0.6) is 17.2 Å². The van der Waals surface area contributed by atoms with Gasteiger partial charge in [-0.05, 0) is 42.3 Å². The third-order valence-electron chi connectivity index (χ3n) is 5.20. The van der Waals surface area contributed by atoms with Crippen LogP contribution in [0.25, 0.3) is 5.76 Å². The lowest BCUT2D eigenvalue weighted by Gasteiger charge is -2.25. The first kappa shape index (κ1) is 23.1. The largest absolute Gasteiger partial charge is 0.507 e. The van der Waals surface area contributed by atoms with Gasteiger partial charge in [0.2, 0.25) is 0 Å². The van der Waals surface area contributed by atoms with Crippen LogP contribution in [0.1, 0.15) is 30.5 Å². The third kappa shape index (κ3) is 4.40. The SMILES string of the molecule is CCCN1C(=O)C(=O)/C(=C(/O)c2cc(OC)ccc2OC)C1c1cccc(OCCO)c1. The molecule has 1 aliphatic rings. The number of benzene rings is 2. The summed E-state index contributed by atoms with van der Waals surface area (Å²) in [5, 5.41) is 20.3. The topological polar surface area (TPSA) is 106 Å². The number of nitrogens with zero attached hydrogens (tertiary/aromatic N) is 1. The van der Waals surface area contributed by atoms with E-state index in [1.54, 1.807) is 42.5 Å². The van der Waals surface area contributed by atoms with Crippen molar-refractivity contribution in [1.82, 2.24) is 4.90 Å². The zero-order chi connectivity index (χ0) is 23.3. The van der Waals surface area contributed by atoms with Crippen LogP contribution < -0.4 is 14.2 Å². The van der Waals surface area contributed by atoms with Gasteiger partial charge in [-0.15, -0.1) is 0 Å². The van der Waals surface area contributed by atoms with Crippen molar-refractivity contribution >= 4 is 17.4 Å². The molecule has 1 amide bonds. The smallest absolute Gasteiger partial charge is 0.295 e. The molecule has 32 heavy (non-hydrogen) atoms. The third-order valence-corrected chi connectivity index (χ3v) is 5.20. The van der Waals surface area contributed by atoms with Gasteiger partial charge in [-0.3, -0.25) is 9.59 Å². The Morgan fingerprint density at radius 1 is 1.06 bits per heavy atom. The zero-order valence-corrected chi connectivity index (χ0v) is 18.3. The van der Waals surface area contributed by atoms with Gasteiger partial charge >= 0.3 is 0 Å². The van der Waals surface area contributed by atoms with E-state index >= 15 is 0 Å². The summed E-state index contributed by atoms with van der Waals surface area (Å²) in [6.07, 6.45) is 0.632. The predicted molar refractivity (Wildman–Crippen MR) is 118 cm³/mol. The first-order valence-electron chi connectivity index (χ1n) is 10.3. The number of carbonyl (C=O) groups is 2. The van der Waals surface area contributed by atoms with Crippen molar-refractivity contribution in [2.45, 2.75) is 19.4 Å². The van der Waals surface area contributed by atoms with E-state index in [0.717, 1.165) is 0 Å². The molecule has 1 unspecified atom stereocenters. The minimum Gasteiger partial charge on any atom is -0.507 e. The molecule has 8 heteroatoms. The van der Waals surface area contributed by atoms with Gasteiger partial charge in [-0.1, -0.05) is 19.1 Å². The molecule has 0 radical (unpaired) electrons. The number of hydrogen-bond donors (Lipinski definition) is 2. The number of ether oxygens (including phenoxy) is 3. The summed E-state index contributed by atoms with van der Waals surface area (Å²) in [6.45, 7) is 2.21. The molecule has 1 saturated heterocycles. The van der Waals surface area contributed by atoms with Crippen LogP contribution in [0.3, 0.4) is 0 Å². The van der Waals surface area contributed by atoms with Gasteiger partial charge in [0.1, 0.15) is 29.6 Å². The minimum atomic E-state index is -0.802. The van der Waals surface area contributed by atoms with E-state index in [1.165, 1.54) is 19.1 Å². The molecular formula is C24H27NO7. The summed E-state index contributed by atoms with van der Waals surface area (Å²) in [4.78, 5) is 27.4. The number of aliphatic hydroxyl groups is 2. The van der Waals surface area contributed by atoms with Gasteiger partial charge in [0.25, 0.3) is 11.7 Å². The Balaban J connectivity index is 2.20. The molecule has 2 aromatic rings. The number of carbonyl (C=O) groups excluding carboxylic acids is 2. The fourth-order valence-corrected chi connectivity index (χ4v) is 3.78. The molecular weight excluding hydrogens is 414 g/mol. The molecule has 0 saturated carbocycles. The molecule has 2 N–H and O–H groups in total. The van der Waals surface area contributed by atoms with E-state index in [0.29, 0.717) is 35.8 Å². The standard InChI is InChI=1S/C24H27NO7/c1-4-10-25-21(15-6-5-7-17(13-15)32-12-11-26)20(23(28)24(25)29)22(27)18-14-16(30-2)8-9-19(18)31-3/h5-9,13-14,21,26-27H,4,10-12H2,1-3H3/b22-20+. The van der Waals surface area contributed by atoms with E-state index < -0.39 is 17.7 Å². The Bertz CT molecular complexity index is 1030. The van der Waals surface area contributed by atoms with Crippen LogP contribution in [-0.2, 0) is 9.59 Å². The molecule has 0 bridgehead atoms. The number of rotatable bonds is 9. The predicted octanol–water partition coefficient (Wildman–Crippen LogP) is 2.91. The van der Waals surface area contributed by atoms with Crippen LogP contribution in [-0.4, -0.2) is 60.8 Å². The molecule has 0 aromatic heterocycles. The molecule has 1 heterocycles. The van der Waals surface area contributed by atoms with Crippen molar-refractivity contribution in [2.24, 2.45) is 0 Å². The highest BCUT2D eigenvalue weighted by Gasteiger charge is 2.46. The van der Waals surface area contributed by atoms with Gasteiger partial charge in [-0.25, -0.2) is 0 Å². The number of methoxy groups -OCH3 is 2. The molecule has 1 fully saturated rings. The molecule has 170 valence electrons. The highest BCUT2D eigenvalue weighted by Crippen LogP contribution is 2.42. The number of Topliss-reactive ketones (excluding diaryl/α,β-unsaturated/α-hetero) is 1. The average molecular weight is 441 g/mol. The number of hydrogen-bond acceptors (Lipinski definition) is 7. The van der Waals surface area contributed by atoms with Crippen LogP contribution in [0.2, 0.25) is 0 Å². The molecule has 0 spiro atoms. The first-order valence-corrected chi connectivity index (χ1v) is 10.3. The van der Waals surface area contributed by atoms with E-state index in [1.807, 2.05) is 6.92 Å². The fourth-order valence-electron chi connectivity index (χ4n) is 3.78. The highest BCUT2D eigenvalue weighted by molar-refractivity contribution is 6.46. The fraction of sp³-hybridized carbons (Fsp3) is 0.333. The second-order valence-electron chi connectivity index (χ2n) is 7.20. The Morgan fingerprint density at radius 3 is 2.50 bits per heavy atom. The van der Waals surface area contributed by atoms with Crippen molar-refractivity contribution in [2.75, 3.05) is 34.0 Å². The van der Waals surface area contributed by atoms with Gasteiger partial charge in [0, 0.05) is 6.54 Å². The van der Waals surface area contributed by atoms with Gasteiger partial charge in [0.05, 0.1) is 38.0 Å². The zero-order valence-electron chi connectivity index (χ0n) is 18.3. The number of ketones is 1. The Hall–Kier alpha value is -3.52. The second-order valence-corrected chi connectivity index (χ2v) is 7.20. The molecule has 0 aliphatic carbocycles. The monoisotopic (exact) mass is 441 g/mol. The summed E-state index contributed by atoms with van der Waals surface area (Å²) >= 11 is 0. The maximum absolute atomic E-state index is 13.1. The van der Waals surface area contributed by atoms with Crippen molar-refractivity contribution in [3.8, 4) is 17.2 Å². The lowest BCUT2D eigenvalue weighted by Crippen LogP contribution is -2.30. The molecule has 2 aromatic carbocycles. The van der Waals surface area contributed by atoms with Crippen molar-refractivity contribution in [3.63, 3.8) is 0 Å². The Kier molecular flexibility index (Phi) is 7.37. The summed E-state index contributed by atoms with van der Waals surface area (Å²) in [7, 11) is 2.94. The molecule has 1 aliphatic heterocycles. The first-order chi connectivity index (χ1) is 15.5. The molecule has 3 rings (SSSR count). The normalized spacial score (nSPS) is 17.5. The quantitative estimate of drug-likeness (QED) is 0.350. The molecule has 8 nitrogen and oxygen atoms in total. The maximum atomic E-state index is 13.1. The minimum absolute atomic E-state index is 0.0330. The lowest BCUT2D eigenvalue weighted by molar-refractivity contribution is -0.139. The van der Waals surface area contributed by atoms with Crippen molar-refractivity contribution in [3.05, 3.63) is 59.2 Å². The van der Waals surface area contributed by atoms with Gasteiger partial charge < -0.3 is 29.3 Å². The lowest BCUT2D eigenvalue weighted by atomic mass is 9.94. The van der Waals surface area contributed by atoms with E-state index in [-0.39, 0.29) is 30.1 Å².